The summed E-state index contributed by atoms with van der Waals surface area (Å²) in [7, 11) is 0. The molecule has 4 heteroatoms. The summed E-state index contributed by atoms with van der Waals surface area (Å²) in [5.41, 5.74) is 0. The Kier molecular flexibility index (Phi) is 7.37. The summed E-state index contributed by atoms with van der Waals surface area (Å²) >= 11 is 0. The van der Waals surface area contributed by atoms with Crippen LogP contribution in [0.1, 0.15) is 25.7 Å². The zero-order chi connectivity index (χ0) is 8.10. The minimum absolute atomic E-state index is 0. The van der Waals surface area contributed by atoms with E-state index in [1.807, 2.05) is 4.90 Å². The van der Waals surface area contributed by atoms with Crippen LogP contribution in [0.5, 0.6) is 0 Å². The molecular formula is C8H17FINO. The summed E-state index contributed by atoms with van der Waals surface area (Å²) in [5.74, 6) is 0. The first-order valence-electron chi connectivity index (χ1n) is 4.29. The molecule has 0 unspecified atom stereocenters. The molecule has 1 heterocycles. The molecule has 0 amide bonds. The van der Waals surface area contributed by atoms with Gasteiger partial charge in [-0.25, -0.2) is 4.39 Å². The van der Waals surface area contributed by atoms with Crippen LogP contribution in [0.25, 0.3) is 0 Å². The van der Waals surface area contributed by atoms with Crippen LogP contribution in [0, 0.1) is 0 Å². The van der Waals surface area contributed by atoms with E-state index in [4.69, 9.17) is 5.11 Å². The molecule has 12 heavy (non-hydrogen) atoms. The molecule has 0 radical (unpaired) electrons. The van der Waals surface area contributed by atoms with Gasteiger partial charge in [0.05, 0.1) is 0 Å². The fourth-order valence-corrected chi connectivity index (χ4v) is 1.69. The van der Waals surface area contributed by atoms with E-state index in [-0.39, 0.29) is 37.4 Å². The number of piperidine rings is 1. The SMILES string of the molecule is I.OCC[C@H]1CCCCN1CF. The Bertz CT molecular complexity index is 113. The number of aliphatic hydroxyl groups excluding tert-OH is 1. The maximum atomic E-state index is 12.3. The summed E-state index contributed by atoms with van der Waals surface area (Å²) in [4.78, 5) is 1.82. The van der Waals surface area contributed by atoms with Gasteiger partial charge in [0.2, 0.25) is 0 Å². The van der Waals surface area contributed by atoms with E-state index in [1.165, 1.54) is 6.42 Å². The average molecular weight is 289 g/mol. The maximum absolute atomic E-state index is 12.3. The van der Waals surface area contributed by atoms with E-state index in [9.17, 15) is 4.39 Å². The molecule has 1 aliphatic heterocycles. The summed E-state index contributed by atoms with van der Waals surface area (Å²) in [6.07, 6.45) is 4.06. The van der Waals surface area contributed by atoms with Gasteiger partial charge in [-0.05, 0) is 19.3 Å². The average Bonchev–Trinajstić information content (AvgIpc) is 2.06. The van der Waals surface area contributed by atoms with Gasteiger partial charge in [0.25, 0.3) is 0 Å². The number of aliphatic hydroxyl groups is 1. The third-order valence-corrected chi connectivity index (χ3v) is 2.36. The maximum Gasteiger partial charge on any atom is 0.143 e. The normalized spacial score (nSPS) is 25.0. The number of rotatable bonds is 3. The standard InChI is InChI=1S/C8H16FNO.HI/c9-7-10-5-2-1-3-8(10)4-6-11;/h8,11H,1-7H2;1H/t8-;/m1./s1. The molecule has 1 rings (SSSR count). The van der Waals surface area contributed by atoms with E-state index in [0.29, 0.717) is 6.04 Å². The van der Waals surface area contributed by atoms with Gasteiger partial charge in [-0.15, -0.1) is 24.0 Å². The topological polar surface area (TPSA) is 23.5 Å². The third kappa shape index (κ3) is 3.53. The monoisotopic (exact) mass is 289 g/mol. The third-order valence-electron chi connectivity index (χ3n) is 2.36. The lowest BCUT2D eigenvalue weighted by atomic mass is 10.0. The molecule has 0 aliphatic carbocycles. The quantitative estimate of drug-likeness (QED) is 0.632. The van der Waals surface area contributed by atoms with Crippen LogP contribution in [-0.4, -0.2) is 36.0 Å². The molecule has 0 aromatic carbocycles. The van der Waals surface area contributed by atoms with Crippen molar-refractivity contribution < 1.29 is 9.50 Å². The second kappa shape index (κ2) is 7.03. The van der Waals surface area contributed by atoms with Gasteiger partial charge in [0, 0.05) is 19.2 Å². The Morgan fingerprint density at radius 2 is 2.17 bits per heavy atom. The van der Waals surface area contributed by atoms with E-state index in [0.717, 1.165) is 25.8 Å². The Labute approximate surface area is 90.2 Å². The van der Waals surface area contributed by atoms with Crippen LogP contribution >= 0.6 is 24.0 Å². The minimum Gasteiger partial charge on any atom is -0.396 e. The molecule has 1 fully saturated rings. The highest BCUT2D eigenvalue weighted by atomic mass is 127. The van der Waals surface area contributed by atoms with Gasteiger partial charge in [-0.2, -0.15) is 0 Å². The second-order valence-corrected chi connectivity index (χ2v) is 3.09. The molecule has 0 spiro atoms. The van der Waals surface area contributed by atoms with Gasteiger partial charge < -0.3 is 5.11 Å². The van der Waals surface area contributed by atoms with Crippen molar-refractivity contribution in [1.29, 1.82) is 0 Å². The van der Waals surface area contributed by atoms with E-state index >= 15 is 0 Å². The van der Waals surface area contributed by atoms with Crippen LogP contribution in [0.15, 0.2) is 0 Å². The van der Waals surface area contributed by atoms with Crippen LogP contribution < -0.4 is 0 Å². The zero-order valence-electron chi connectivity index (χ0n) is 7.21. The fourth-order valence-electron chi connectivity index (χ4n) is 1.69. The molecule has 0 aromatic rings. The second-order valence-electron chi connectivity index (χ2n) is 3.09. The smallest absolute Gasteiger partial charge is 0.143 e. The van der Waals surface area contributed by atoms with Gasteiger partial charge in [-0.1, -0.05) is 6.42 Å². The largest absolute Gasteiger partial charge is 0.396 e. The molecule has 2 nitrogen and oxygen atoms in total. The Morgan fingerprint density at radius 1 is 1.42 bits per heavy atom. The highest BCUT2D eigenvalue weighted by Gasteiger charge is 2.20. The van der Waals surface area contributed by atoms with Gasteiger partial charge in [-0.3, -0.25) is 4.90 Å². The molecule has 1 aliphatic rings. The lowest BCUT2D eigenvalue weighted by molar-refractivity contribution is 0.0767. The first-order chi connectivity index (χ1) is 5.38. The highest BCUT2D eigenvalue weighted by molar-refractivity contribution is 14.0. The van der Waals surface area contributed by atoms with Gasteiger partial charge in [0.15, 0.2) is 0 Å². The van der Waals surface area contributed by atoms with Crippen molar-refractivity contribution in [1.82, 2.24) is 4.90 Å². The molecule has 0 saturated carbocycles. The van der Waals surface area contributed by atoms with Gasteiger partial charge >= 0.3 is 0 Å². The van der Waals surface area contributed by atoms with E-state index in [2.05, 4.69) is 0 Å². The number of halogens is 2. The number of nitrogens with zero attached hydrogens (tertiary/aromatic N) is 1. The molecule has 1 atom stereocenters. The van der Waals surface area contributed by atoms with Gasteiger partial charge in [0.1, 0.15) is 6.80 Å². The minimum atomic E-state index is -0.356. The number of alkyl halides is 1. The fraction of sp³-hybridized carbons (Fsp3) is 1.00. The van der Waals surface area contributed by atoms with Crippen molar-refractivity contribution in [3.8, 4) is 0 Å². The number of hydrogen-bond acceptors (Lipinski definition) is 2. The zero-order valence-corrected chi connectivity index (χ0v) is 9.54. The predicted molar refractivity (Wildman–Crippen MR) is 57.4 cm³/mol. The molecule has 0 bridgehead atoms. The van der Waals surface area contributed by atoms with E-state index in [1.54, 1.807) is 0 Å². The molecule has 1 N–H and O–H groups in total. The summed E-state index contributed by atoms with van der Waals surface area (Å²) < 4.78 is 12.3. The summed E-state index contributed by atoms with van der Waals surface area (Å²) in [6.45, 7) is 0.688. The van der Waals surface area contributed by atoms with Crippen molar-refractivity contribution in [3.63, 3.8) is 0 Å². The molecule has 0 aromatic heterocycles. The Balaban J connectivity index is 0.00000121. The Morgan fingerprint density at radius 3 is 2.75 bits per heavy atom. The van der Waals surface area contributed by atoms with Crippen LogP contribution in [0.4, 0.5) is 4.39 Å². The van der Waals surface area contributed by atoms with Crippen LogP contribution in [0.2, 0.25) is 0 Å². The van der Waals surface area contributed by atoms with Crippen LogP contribution in [-0.2, 0) is 0 Å². The molecule has 74 valence electrons. The van der Waals surface area contributed by atoms with Crippen LogP contribution in [0.3, 0.4) is 0 Å². The predicted octanol–water partition coefficient (Wildman–Crippen LogP) is 1.77. The highest BCUT2D eigenvalue weighted by Crippen LogP contribution is 2.18. The first kappa shape index (κ1) is 12.6. The van der Waals surface area contributed by atoms with Crippen molar-refractivity contribution in [2.45, 2.75) is 31.7 Å². The van der Waals surface area contributed by atoms with E-state index < -0.39 is 0 Å². The van der Waals surface area contributed by atoms with Crippen molar-refractivity contribution >= 4 is 24.0 Å². The lowest BCUT2D eigenvalue weighted by Crippen LogP contribution is -2.39. The summed E-state index contributed by atoms with van der Waals surface area (Å²) in [5, 5.41) is 8.68. The number of likely N-dealkylation sites (tertiary alicyclic amines) is 1. The lowest BCUT2D eigenvalue weighted by Gasteiger charge is -2.32. The van der Waals surface area contributed by atoms with Crippen molar-refractivity contribution in [2.24, 2.45) is 0 Å². The van der Waals surface area contributed by atoms with Crippen molar-refractivity contribution in [3.05, 3.63) is 0 Å². The Hall–Kier alpha value is 0.580. The number of hydrogen-bond donors (Lipinski definition) is 1. The molecule has 1 saturated heterocycles. The van der Waals surface area contributed by atoms with Crippen molar-refractivity contribution in [2.75, 3.05) is 20.0 Å². The molecular weight excluding hydrogens is 272 g/mol. The first-order valence-corrected chi connectivity index (χ1v) is 4.29. The summed E-state index contributed by atoms with van der Waals surface area (Å²) in [6, 6.07) is 0.291.